The summed E-state index contributed by atoms with van der Waals surface area (Å²) in [6, 6.07) is 29.1. The van der Waals surface area contributed by atoms with Crippen molar-refractivity contribution in [2.24, 2.45) is 5.92 Å². The second-order valence-corrected chi connectivity index (χ2v) is 7.25. The van der Waals surface area contributed by atoms with E-state index in [1.807, 2.05) is 0 Å². The van der Waals surface area contributed by atoms with E-state index >= 15 is 0 Å². The Balaban J connectivity index is 1.76. The Morgan fingerprint density at radius 1 is 0.792 bits per heavy atom. The predicted octanol–water partition coefficient (Wildman–Crippen LogP) is 5.33. The summed E-state index contributed by atoms with van der Waals surface area (Å²) in [5.74, 6) is 0.534. The van der Waals surface area contributed by atoms with Crippen LogP contribution in [0.3, 0.4) is 0 Å². The van der Waals surface area contributed by atoms with Crippen LogP contribution in [0.2, 0.25) is 0 Å². The molecule has 2 aliphatic rings. The van der Waals surface area contributed by atoms with Gasteiger partial charge in [0, 0.05) is 17.0 Å². The lowest BCUT2D eigenvalue weighted by Crippen LogP contribution is -2.41. The fourth-order valence-corrected chi connectivity index (χ4v) is 4.95. The molecular formula is C23H21N. The van der Waals surface area contributed by atoms with E-state index in [1.165, 1.54) is 27.9 Å². The molecule has 1 nitrogen and oxygen atoms in total. The highest BCUT2D eigenvalue weighted by Gasteiger charge is 2.51. The van der Waals surface area contributed by atoms with Crippen LogP contribution in [0.4, 0.5) is 5.69 Å². The maximum Gasteiger partial charge on any atom is 0.0556 e. The lowest BCUT2D eigenvalue weighted by Gasteiger charge is -2.45. The number of nitrogens with one attached hydrogen (secondary N) is 1. The first kappa shape index (κ1) is 13.9. The molecule has 3 atom stereocenters. The maximum absolute atomic E-state index is 3.84. The van der Waals surface area contributed by atoms with E-state index in [4.69, 9.17) is 0 Å². The monoisotopic (exact) mass is 311 g/mol. The van der Waals surface area contributed by atoms with Gasteiger partial charge in [-0.25, -0.2) is 0 Å². The quantitative estimate of drug-likeness (QED) is 0.640. The molecule has 3 aromatic rings. The van der Waals surface area contributed by atoms with Crippen molar-refractivity contribution in [1.82, 2.24) is 0 Å². The molecule has 0 saturated heterocycles. The Morgan fingerprint density at radius 3 is 2.29 bits per heavy atom. The van der Waals surface area contributed by atoms with Crippen LogP contribution < -0.4 is 5.32 Å². The van der Waals surface area contributed by atoms with Crippen LogP contribution in [0.1, 0.15) is 35.2 Å². The number of hydrogen-bond acceptors (Lipinski definition) is 1. The number of rotatable bonds is 1. The van der Waals surface area contributed by atoms with Crippen LogP contribution in [-0.4, -0.2) is 0 Å². The van der Waals surface area contributed by atoms with Gasteiger partial charge in [-0.15, -0.1) is 0 Å². The first-order valence-electron chi connectivity index (χ1n) is 8.78. The molecule has 0 fully saturated rings. The van der Waals surface area contributed by atoms with Crippen molar-refractivity contribution >= 4 is 5.69 Å². The average molecular weight is 311 g/mol. The molecule has 0 spiro atoms. The summed E-state index contributed by atoms with van der Waals surface area (Å²) < 4.78 is 0. The van der Waals surface area contributed by atoms with Gasteiger partial charge in [0.2, 0.25) is 0 Å². The third kappa shape index (κ3) is 1.76. The highest BCUT2D eigenvalue weighted by Crippen LogP contribution is 2.57. The Morgan fingerprint density at radius 2 is 1.46 bits per heavy atom. The van der Waals surface area contributed by atoms with Crippen molar-refractivity contribution in [3.8, 4) is 0 Å². The van der Waals surface area contributed by atoms with Crippen LogP contribution in [0.25, 0.3) is 0 Å². The van der Waals surface area contributed by atoms with Gasteiger partial charge in [-0.3, -0.25) is 0 Å². The zero-order chi connectivity index (χ0) is 16.1. The molecule has 1 aliphatic carbocycles. The minimum absolute atomic E-state index is 0.0684. The standard InChI is InChI=1S/C23H21N/c1-23-18-12-6-5-11-17(18)15-20(23)22(16-9-3-2-4-10-16)24-21-14-8-7-13-19(21)23/h2-14,20,22,24H,15H2,1H3/t20-,22+,23+/m0/s1. The number of hydrogen-bond donors (Lipinski definition) is 1. The van der Waals surface area contributed by atoms with E-state index in [-0.39, 0.29) is 5.41 Å². The Labute approximate surface area is 143 Å². The fourth-order valence-electron chi connectivity index (χ4n) is 4.95. The molecule has 0 aromatic heterocycles. The topological polar surface area (TPSA) is 12.0 Å². The van der Waals surface area contributed by atoms with E-state index in [1.54, 1.807) is 0 Å². The zero-order valence-electron chi connectivity index (χ0n) is 13.9. The fraction of sp³-hybridized carbons (Fsp3) is 0.217. The van der Waals surface area contributed by atoms with Gasteiger partial charge < -0.3 is 5.32 Å². The van der Waals surface area contributed by atoms with Gasteiger partial charge in [0.05, 0.1) is 6.04 Å². The number of anilines is 1. The summed E-state index contributed by atoms with van der Waals surface area (Å²) in [5, 5.41) is 3.84. The lowest BCUT2D eigenvalue weighted by molar-refractivity contribution is 0.319. The Bertz CT molecular complexity index is 899. The summed E-state index contributed by atoms with van der Waals surface area (Å²) in [6.07, 6.45) is 1.13. The van der Waals surface area contributed by atoms with Crippen molar-refractivity contribution in [3.63, 3.8) is 0 Å². The molecule has 0 saturated carbocycles. The van der Waals surface area contributed by atoms with Gasteiger partial charge in [-0.05, 0) is 34.7 Å². The molecule has 24 heavy (non-hydrogen) atoms. The smallest absolute Gasteiger partial charge is 0.0556 e. The average Bonchev–Trinajstić information content (AvgIpc) is 2.96. The number of para-hydroxylation sites is 1. The van der Waals surface area contributed by atoms with Gasteiger partial charge in [-0.2, -0.15) is 0 Å². The summed E-state index contributed by atoms with van der Waals surface area (Å²) in [4.78, 5) is 0. The summed E-state index contributed by atoms with van der Waals surface area (Å²) in [5.41, 5.74) is 7.18. The first-order chi connectivity index (χ1) is 11.8. The van der Waals surface area contributed by atoms with Crippen LogP contribution >= 0.6 is 0 Å². The van der Waals surface area contributed by atoms with E-state index < -0.39 is 0 Å². The van der Waals surface area contributed by atoms with Crippen LogP contribution in [-0.2, 0) is 11.8 Å². The van der Waals surface area contributed by atoms with Crippen molar-refractivity contribution < 1.29 is 0 Å². The normalized spacial score (nSPS) is 26.9. The minimum atomic E-state index is 0.0684. The van der Waals surface area contributed by atoms with E-state index in [0.29, 0.717) is 12.0 Å². The molecule has 1 N–H and O–H groups in total. The van der Waals surface area contributed by atoms with E-state index in [9.17, 15) is 0 Å². The van der Waals surface area contributed by atoms with Gasteiger partial charge in [0.15, 0.2) is 0 Å². The van der Waals surface area contributed by atoms with Crippen molar-refractivity contribution in [1.29, 1.82) is 0 Å². The van der Waals surface area contributed by atoms with Crippen LogP contribution in [0.5, 0.6) is 0 Å². The third-order valence-corrected chi connectivity index (χ3v) is 6.12. The number of benzene rings is 3. The Hall–Kier alpha value is -2.54. The largest absolute Gasteiger partial charge is 0.378 e. The molecule has 5 rings (SSSR count). The second-order valence-electron chi connectivity index (χ2n) is 7.25. The van der Waals surface area contributed by atoms with Crippen molar-refractivity contribution in [2.45, 2.75) is 24.8 Å². The molecule has 1 heteroatoms. The van der Waals surface area contributed by atoms with Gasteiger partial charge >= 0.3 is 0 Å². The Kier molecular flexibility index (Phi) is 2.87. The van der Waals surface area contributed by atoms with Crippen molar-refractivity contribution in [2.75, 3.05) is 5.32 Å². The van der Waals surface area contributed by atoms with Gasteiger partial charge in [0.25, 0.3) is 0 Å². The summed E-state index contributed by atoms with van der Waals surface area (Å²) in [7, 11) is 0. The molecule has 1 heterocycles. The SMILES string of the molecule is C[C@]12c3ccccc3C[C@H]1[C@@H](c1ccccc1)Nc1ccccc12. The highest BCUT2D eigenvalue weighted by atomic mass is 15.0. The van der Waals surface area contributed by atoms with Crippen molar-refractivity contribution in [3.05, 3.63) is 101 Å². The molecule has 3 aromatic carbocycles. The van der Waals surface area contributed by atoms with Gasteiger partial charge in [-0.1, -0.05) is 79.7 Å². The maximum atomic E-state index is 3.84. The van der Waals surface area contributed by atoms with E-state index in [0.717, 1.165) is 6.42 Å². The third-order valence-electron chi connectivity index (χ3n) is 6.12. The molecule has 0 radical (unpaired) electrons. The molecule has 0 unspecified atom stereocenters. The first-order valence-corrected chi connectivity index (χ1v) is 8.78. The molecule has 0 amide bonds. The number of fused-ring (bicyclic) bond motifs is 5. The second kappa shape index (κ2) is 4.98. The summed E-state index contributed by atoms with van der Waals surface area (Å²) >= 11 is 0. The minimum Gasteiger partial charge on any atom is -0.378 e. The lowest BCUT2D eigenvalue weighted by atomic mass is 9.65. The molecule has 118 valence electrons. The predicted molar refractivity (Wildman–Crippen MR) is 99.3 cm³/mol. The van der Waals surface area contributed by atoms with Crippen LogP contribution in [0, 0.1) is 5.92 Å². The van der Waals surface area contributed by atoms with Gasteiger partial charge in [0.1, 0.15) is 0 Å². The molecule has 0 bridgehead atoms. The summed E-state index contributed by atoms with van der Waals surface area (Å²) in [6.45, 7) is 2.44. The highest BCUT2D eigenvalue weighted by molar-refractivity contribution is 5.65. The molecule has 1 aliphatic heterocycles. The van der Waals surface area contributed by atoms with Crippen LogP contribution in [0.15, 0.2) is 78.9 Å². The van der Waals surface area contributed by atoms with E-state index in [2.05, 4.69) is 91.1 Å². The molecular weight excluding hydrogens is 290 g/mol. The zero-order valence-corrected chi connectivity index (χ0v) is 13.9.